The normalized spacial score (nSPS) is 13.7. The van der Waals surface area contributed by atoms with E-state index in [4.69, 9.17) is 0 Å². The first-order chi connectivity index (χ1) is 9.61. The maximum Gasteiger partial charge on any atom is 0.127 e. The third-order valence-corrected chi connectivity index (χ3v) is 4.63. The van der Waals surface area contributed by atoms with Crippen LogP contribution in [0.5, 0.6) is 0 Å². The standard InChI is InChI=1S/C15H17N3OS/c1-11(20(2)19)7-8-17-15-9-12(10-16)13-5-3-4-6-14(13)18-15/h3-6,9,11H,7-8H2,1-2H3,(H,17,18). The van der Waals surface area contributed by atoms with E-state index in [0.29, 0.717) is 17.9 Å². The highest BCUT2D eigenvalue weighted by atomic mass is 32.2. The van der Waals surface area contributed by atoms with E-state index < -0.39 is 10.8 Å². The fourth-order valence-electron chi connectivity index (χ4n) is 1.93. The average molecular weight is 287 g/mol. The van der Waals surface area contributed by atoms with Gasteiger partial charge in [-0.1, -0.05) is 25.1 Å². The highest BCUT2D eigenvalue weighted by Gasteiger charge is 2.07. The van der Waals surface area contributed by atoms with Gasteiger partial charge in [0.1, 0.15) is 5.82 Å². The molecule has 0 saturated carbocycles. The van der Waals surface area contributed by atoms with E-state index >= 15 is 0 Å². The Balaban J connectivity index is 2.15. The summed E-state index contributed by atoms with van der Waals surface area (Å²) in [6, 6.07) is 11.6. The first-order valence-electron chi connectivity index (χ1n) is 6.48. The number of benzene rings is 1. The number of para-hydroxylation sites is 1. The monoisotopic (exact) mass is 287 g/mol. The van der Waals surface area contributed by atoms with E-state index in [1.54, 1.807) is 12.3 Å². The third kappa shape index (κ3) is 3.34. The van der Waals surface area contributed by atoms with Crippen LogP contribution in [-0.4, -0.2) is 27.2 Å². The molecule has 0 amide bonds. The minimum Gasteiger partial charge on any atom is -0.370 e. The molecule has 4 nitrogen and oxygen atoms in total. The van der Waals surface area contributed by atoms with Crippen molar-refractivity contribution < 1.29 is 4.21 Å². The lowest BCUT2D eigenvalue weighted by molar-refractivity contribution is 0.672. The number of nitriles is 1. The smallest absolute Gasteiger partial charge is 0.127 e. The molecule has 2 aromatic rings. The van der Waals surface area contributed by atoms with Gasteiger partial charge in [0, 0.05) is 34.2 Å². The number of hydrogen-bond acceptors (Lipinski definition) is 4. The molecule has 0 bridgehead atoms. The average Bonchev–Trinajstić information content (AvgIpc) is 2.46. The van der Waals surface area contributed by atoms with Gasteiger partial charge in [0.05, 0.1) is 17.1 Å². The topological polar surface area (TPSA) is 65.8 Å². The predicted molar refractivity (Wildman–Crippen MR) is 83.1 cm³/mol. The second-order valence-electron chi connectivity index (χ2n) is 4.71. The number of pyridine rings is 1. The van der Waals surface area contributed by atoms with Gasteiger partial charge in [-0.15, -0.1) is 0 Å². The van der Waals surface area contributed by atoms with E-state index in [1.807, 2.05) is 31.2 Å². The van der Waals surface area contributed by atoms with Gasteiger partial charge < -0.3 is 5.32 Å². The first kappa shape index (κ1) is 14.5. The van der Waals surface area contributed by atoms with Gasteiger partial charge >= 0.3 is 0 Å². The molecule has 1 N–H and O–H groups in total. The van der Waals surface area contributed by atoms with Crippen LogP contribution in [-0.2, 0) is 10.8 Å². The summed E-state index contributed by atoms with van der Waals surface area (Å²) < 4.78 is 11.3. The second kappa shape index (κ2) is 6.49. The van der Waals surface area contributed by atoms with E-state index in [-0.39, 0.29) is 5.25 Å². The number of nitrogens with one attached hydrogen (secondary N) is 1. The molecular formula is C15H17N3OS. The Hall–Kier alpha value is -1.93. The maximum atomic E-state index is 11.3. The fourth-order valence-corrected chi connectivity index (χ4v) is 2.38. The summed E-state index contributed by atoms with van der Waals surface area (Å²) in [5.74, 6) is 0.689. The maximum absolute atomic E-state index is 11.3. The Morgan fingerprint density at radius 1 is 1.45 bits per heavy atom. The zero-order valence-corrected chi connectivity index (χ0v) is 12.4. The highest BCUT2D eigenvalue weighted by molar-refractivity contribution is 7.84. The number of hydrogen-bond donors (Lipinski definition) is 1. The van der Waals surface area contributed by atoms with Crippen molar-refractivity contribution in [2.45, 2.75) is 18.6 Å². The van der Waals surface area contributed by atoms with Crippen LogP contribution in [0, 0.1) is 11.3 Å². The van der Waals surface area contributed by atoms with Crippen LogP contribution in [0.3, 0.4) is 0 Å². The summed E-state index contributed by atoms with van der Waals surface area (Å²) in [6.07, 6.45) is 2.52. The summed E-state index contributed by atoms with van der Waals surface area (Å²) in [7, 11) is -0.809. The van der Waals surface area contributed by atoms with Gasteiger partial charge in [-0.25, -0.2) is 4.98 Å². The largest absolute Gasteiger partial charge is 0.370 e. The lowest BCUT2D eigenvalue weighted by atomic mass is 10.1. The minimum atomic E-state index is -0.809. The number of nitrogens with zero attached hydrogens (tertiary/aromatic N) is 2. The van der Waals surface area contributed by atoms with Crippen LogP contribution in [0.2, 0.25) is 0 Å². The number of anilines is 1. The van der Waals surface area contributed by atoms with Gasteiger partial charge in [-0.05, 0) is 18.6 Å². The molecule has 2 unspecified atom stereocenters. The molecule has 0 spiro atoms. The van der Waals surface area contributed by atoms with Crippen LogP contribution in [0.1, 0.15) is 18.9 Å². The molecular weight excluding hydrogens is 270 g/mol. The van der Waals surface area contributed by atoms with Crippen LogP contribution in [0.25, 0.3) is 10.9 Å². The zero-order valence-electron chi connectivity index (χ0n) is 11.6. The van der Waals surface area contributed by atoms with Crippen molar-refractivity contribution in [3.8, 4) is 6.07 Å². The van der Waals surface area contributed by atoms with Crippen molar-refractivity contribution >= 4 is 27.5 Å². The van der Waals surface area contributed by atoms with Crippen molar-refractivity contribution in [2.24, 2.45) is 0 Å². The lowest BCUT2D eigenvalue weighted by Gasteiger charge is -2.10. The molecule has 0 aliphatic rings. The van der Waals surface area contributed by atoms with E-state index in [2.05, 4.69) is 16.4 Å². The number of fused-ring (bicyclic) bond motifs is 1. The van der Waals surface area contributed by atoms with Crippen molar-refractivity contribution in [3.05, 3.63) is 35.9 Å². The molecule has 0 radical (unpaired) electrons. The number of rotatable bonds is 5. The summed E-state index contributed by atoms with van der Waals surface area (Å²) in [5, 5.41) is 13.4. The van der Waals surface area contributed by atoms with E-state index in [0.717, 1.165) is 17.3 Å². The van der Waals surface area contributed by atoms with Gasteiger partial charge in [-0.3, -0.25) is 4.21 Å². The fraction of sp³-hybridized carbons (Fsp3) is 0.333. The molecule has 1 aromatic heterocycles. The molecule has 2 rings (SSSR count). The molecule has 20 heavy (non-hydrogen) atoms. The van der Waals surface area contributed by atoms with Crippen LogP contribution in [0.15, 0.2) is 30.3 Å². The van der Waals surface area contributed by atoms with Crippen LogP contribution in [0.4, 0.5) is 5.82 Å². The Morgan fingerprint density at radius 3 is 2.90 bits per heavy atom. The summed E-state index contributed by atoms with van der Waals surface area (Å²) in [5.41, 5.74) is 1.42. The zero-order chi connectivity index (χ0) is 14.5. The summed E-state index contributed by atoms with van der Waals surface area (Å²) in [4.78, 5) is 4.49. The molecule has 1 heterocycles. The molecule has 5 heteroatoms. The first-order valence-corrected chi connectivity index (χ1v) is 8.10. The van der Waals surface area contributed by atoms with Crippen molar-refractivity contribution in [3.63, 3.8) is 0 Å². The Morgan fingerprint density at radius 2 is 2.20 bits per heavy atom. The van der Waals surface area contributed by atoms with Crippen LogP contribution < -0.4 is 5.32 Å². The SMILES string of the molecule is CC(CCNc1cc(C#N)c2ccccc2n1)S(C)=O. The Labute approximate surface area is 121 Å². The second-order valence-corrected chi connectivity index (χ2v) is 6.51. The van der Waals surface area contributed by atoms with Gasteiger partial charge in [0.15, 0.2) is 0 Å². The molecule has 0 fully saturated rings. The quantitative estimate of drug-likeness (QED) is 0.918. The van der Waals surface area contributed by atoms with Crippen LogP contribution >= 0.6 is 0 Å². The predicted octanol–water partition coefficient (Wildman–Crippen LogP) is 2.68. The summed E-state index contributed by atoms with van der Waals surface area (Å²) in [6.45, 7) is 2.66. The van der Waals surface area contributed by atoms with Gasteiger partial charge in [0.25, 0.3) is 0 Å². The molecule has 104 valence electrons. The van der Waals surface area contributed by atoms with Crippen molar-refractivity contribution in [2.75, 3.05) is 18.1 Å². The molecule has 0 aliphatic carbocycles. The minimum absolute atomic E-state index is 0.151. The van der Waals surface area contributed by atoms with Crippen molar-refractivity contribution in [1.29, 1.82) is 5.26 Å². The van der Waals surface area contributed by atoms with Gasteiger partial charge in [-0.2, -0.15) is 5.26 Å². The van der Waals surface area contributed by atoms with E-state index in [9.17, 15) is 9.47 Å². The summed E-state index contributed by atoms with van der Waals surface area (Å²) >= 11 is 0. The third-order valence-electron chi connectivity index (χ3n) is 3.26. The van der Waals surface area contributed by atoms with Crippen molar-refractivity contribution in [1.82, 2.24) is 4.98 Å². The Kier molecular flexibility index (Phi) is 4.70. The molecule has 2 atom stereocenters. The van der Waals surface area contributed by atoms with Gasteiger partial charge in [0.2, 0.25) is 0 Å². The molecule has 0 aliphatic heterocycles. The molecule has 0 saturated heterocycles. The van der Waals surface area contributed by atoms with E-state index in [1.165, 1.54) is 0 Å². The lowest BCUT2D eigenvalue weighted by Crippen LogP contribution is -2.15. The number of aromatic nitrogens is 1. The Bertz CT molecular complexity index is 678. The molecule has 1 aromatic carbocycles. The highest BCUT2D eigenvalue weighted by Crippen LogP contribution is 2.20.